The summed E-state index contributed by atoms with van der Waals surface area (Å²) in [5, 5.41) is 0.854. The number of nitrogens with two attached hydrogens (primary N) is 1. The van der Waals surface area contributed by atoms with E-state index in [1.54, 1.807) is 23.1 Å². The molecular weight excluding hydrogens is 349 g/mol. The molecule has 7 heteroatoms. The van der Waals surface area contributed by atoms with Gasteiger partial charge in [-0.2, -0.15) is 0 Å². The van der Waals surface area contributed by atoms with Crippen molar-refractivity contribution in [3.63, 3.8) is 0 Å². The molecule has 1 aliphatic heterocycles. The lowest BCUT2D eigenvalue weighted by Gasteiger charge is -2.36. The molecule has 2 atom stereocenters. The molecular formula is C17H21Cl2N3O2. The average molecular weight is 370 g/mol. The van der Waals surface area contributed by atoms with Gasteiger partial charge in [-0.3, -0.25) is 9.59 Å². The molecule has 3 rings (SSSR count). The summed E-state index contributed by atoms with van der Waals surface area (Å²) in [5.74, 6) is 0.110. The number of carbonyl (C=O) groups excluding carboxylic acids is 2. The third-order valence-electron chi connectivity index (χ3n) is 4.86. The monoisotopic (exact) mass is 369 g/mol. The van der Waals surface area contributed by atoms with E-state index in [1.807, 2.05) is 4.90 Å². The van der Waals surface area contributed by atoms with Crippen molar-refractivity contribution in [2.45, 2.75) is 25.3 Å². The Morgan fingerprint density at radius 2 is 1.71 bits per heavy atom. The molecule has 1 aliphatic carbocycles. The topological polar surface area (TPSA) is 66.6 Å². The largest absolute Gasteiger partial charge is 0.339 e. The average Bonchev–Trinajstić information content (AvgIpc) is 3.00. The van der Waals surface area contributed by atoms with E-state index in [-0.39, 0.29) is 23.8 Å². The first-order valence-electron chi connectivity index (χ1n) is 8.24. The number of carbonyl (C=O) groups is 2. The van der Waals surface area contributed by atoms with E-state index in [9.17, 15) is 9.59 Å². The summed E-state index contributed by atoms with van der Waals surface area (Å²) in [6.45, 7) is 2.15. The summed E-state index contributed by atoms with van der Waals surface area (Å²) in [4.78, 5) is 28.7. The summed E-state index contributed by atoms with van der Waals surface area (Å²) in [6.07, 6.45) is 2.57. The second kappa shape index (κ2) is 7.30. The van der Waals surface area contributed by atoms with Gasteiger partial charge < -0.3 is 15.5 Å². The lowest BCUT2D eigenvalue weighted by atomic mass is 10.1. The van der Waals surface area contributed by atoms with Gasteiger partial charge in [-0.05, 0) is 37.5 Å². The molecule has 1 aromatic carbocycles. The normalized spacial score (nSPS) is 24.3. The van der Waals surface area contributed by atoms with Gasteiger partial charge in [0.15, 0.2) is 0 Å². The van der Waals surface area contributed by atoms with Gasteiger partial charge in [-0.25, -0.2) is 0 Å². The van der Waals surface area contributed by atoms with Crippen LogP contribution in [0.1, 0.15) is 29.6 Å². The zero-order valence-corrected chi connectivity index (χ0v) is 14.9. The lowest BCUT2D eigenvalue weighted by Crippen LogP contribution is -2.51. The second-order valence-corrected chi connectivity index (χ2v) is 7.36. The van der Waals surface area contributed by atoms with Crippen LogP contribution in [0.5, 0.6) is 0 Å². The van der Waals surface area contributed by atoms with Crippen molar-refractivity contribution >= 4 is 35.0 Å². The maximum Gasteiger partial charge on any atom is 0.255 e. The van der Waals surface area contributed by atoms with Crippen LogP contribution >= 0.6 is 23.2 Å². The Hall–Kier alpha value is -1.30. The summed E-state index contributed by atoms with van der Waals surface area (Å²) in [6, 6.07) is 5.02. The molecule has 2 amide bonds. The van der Waals surface area contributed by atoms with Crippen LogP contribution in [0.4, 0.5) is 0 Å². The fraction of sp³-hybridized carbons (Fsp3) is 0.529. The Morgan fingerprint density at radius 3 is 2.29 bits per heavy atom. The predicted octanol–water partition coefficient (Wildman–Crippen LogP) is 2.41. The first kappa shape index (κ1) is 17.5. The Labute approximate surface area is 151 Å². The zero-order valence-electron chi connectivity index (χ0n) is 13.4. The predicted molar refractivity (Wildman–Crippen MR) is 94.3 cm³/mol. The first-order chi connectivity index (χ1) is 11.5. The standard InChI is InChI=1S/C17H21Cl2N3O2/c18-12-2-4-14(15(19)10-12)17(24)22-7-5-21(6-8-22)16(23)11-1-3-13(20)9-11/h2,4,10-11,13H,1,3,5-9,20H2. The quantitative estimate of drug-likeness (QED) is 0.870. The summed E-state index contributed by atoms with van der Waals surface area (Å²) in [5.41, 5.74) is 6.34. The third kappa shape index (κ3) is 3.68. The van der Waals surface area contributed by atoms with Crippen LogP contribution in [-0.2, 0) is 4.79 Å². The van der Waals surface area contributed by atoms with Crippen molar-refractivity contribution in [3.05, 3.63) is 33.8 Å². The Morgan fingerprint density at radius 1 is 1.04 bits per heavy atom. The van der Waals surface area contributed by atoms with E-state index < -0.39 is 0 Å². The molecule has 5 nitrogen and oxygen atoms in total. The van der Waals surface area contributed by atoms with Gasteiger partial charge >= 0.3 is 0 Å². The Bertz CT molecular complexity index is 645. The molecule has 1 aromatic rings. The highest BCUT2D eigenvalue weighted by Crippen LogP contribution is 2.27. The maximum absolute atomic E-state index is 12.6. The zero-order chi connectivity index (χ0) is 17.3. The van der Waals surface area contributed by atoms with Gasteiger partial charge in [0.2, 0.25) is 5.91 Å². The lowest BCUT2D eigenvalue weighted by molar-refractivity contribution is -0.136. The molecule has 130 valence electrons. The molecule has 0 radical (unpaired) electrons. The molecule has 0 spiro atoms. The molecule has 1 heterocycles. The number of halogens is 2. The maximum atomic E-state index is 12.6. The fourth-order valence-corrected chi connectivity index (χ4v) is 3.95. The van der Waals surface area contributed by atoms with Gasteiger partial charge in [0.25, 0.3) is 5.91 Å². The van der Waals surface area contributed by atoms with Crippen molar-refractivity contribution in [1.29, 1.82) is 0 Å². The van der Waals surface area contributed by atoms with Crippen molar-refractivity contribution in [2.24, 2.45) is 11.7 Å². The smallest absolute Gasteiger partial charge is 0.255 e. The first-order valence-corrected chi connectivity index (χ1v) is 9.00. The highest BCUT2D eigenvalue weighted by atomic mass is 35.5. The van der Waals surface area contributed by atoms with Gasteiger partial charge in [0.1, 0.15) is 0 Å². The van der Waals surface area contributed by atoms with E-state index in [0.29, 0.717) is 41.8 Å². The molecule has 1 saturated heterocycles. The Kier molecular flexibility index (Phi) is 5.33. The molecule has 2 unspecified atom stereocenters. The fourth-order valence-electron chi connectivity index (χ4n) is 3.46. The van der Waals surface area contributed by atoms with Crippen LogP contribution in [0, 0.1) is 5.92 Å². The number of amides is 2. The minimum Gasteiger partial charge on any atom is -0.339 e. The number of nitrogens with zero attached hydrogens (tertiary/aromatic N) is 2. The molecule has 24 heavy (non-hydrogen) atoms. The van der Waals surface area contributed by atoms with Crippen LogP contribution in [0.25, 0.3) is 0 Å². The molecule has 0 bridgehead atoms. The van der Waals surface area contributed by atoms with Crippen LogP contribution in [0.3, 0.4) is 0 Å². The minimum absolute atomic E-state index is 0.0490. The van der Waals surface area contributed by atoms with Crippen molar-refractivity contribution in [3.8, 4) is 0 Å². The summed E-state index contributed by atoms with van der Waals surface area (Å²) < 4.78 is 0. The van der Waals surface area contributed by atoms with Gasteiger partial charge in [-0.1, -0.05) is 23.2 Å². The molecule has 0 aromatic heterocycles. The summed E-state index contributed by atoms with van der Waals surface area (Å²) in [7, 11) is 0. The van der Waals surface area contributed by atoms with Crippen molar-refractivity contribution in [1.82, 2.24) is 9.80 Å². The number of piperazine rings is 1. The van der Waals surface area contributed by atoms with Gasteiger partial charge in [0, 0.05) is 43.2 Å². The van der Waals surface area contributed by atoms with E-state index in [0.717, 1.165) is 19.3 Å². The number of hydrogen-bond acceptors (Lipinski definition) is 3. The second-order valence-electron chi connectivity index (χ2n) is 6.51. The van der Waals surface area contributed by atoms with E-state index in [4.69, 9.17) is 28.9 Å². The molecule has 2 aliphatic rings. The van der Waals surface area contributed by atoms with Crippen LogP contribution in [0.2, 0.25) is 10.0 Å². The molecule has 1 saturated carbocycles. The van der Waals surface area contributed by atoms with Crippen molar-refractivity contribution < 1.29 is 9.59 Å². The highest BCUT2D eigenvalue weighted by Gasteiger charge is 2.33. The SMILES string of the molecule is NC1CCC(C(=O)N2CCN(C(=O)c3ccc(Cl)cc3Cl)CC2)C1. The molecule has 2 N–H and O–H groups in total. The van der Waals surface area contributed by atoms with Gasteiger partial charge in [0.05, 0.1) is 10.6 Å². The van der Waals surface area contributed by atoms with Gasteiger partial charge in [-0.15, -0.1) is 0 Å². The van der Waals surface area contributed by atoms with Crippen LogP contribution < -0.4 is 5.73 Å². The highest BCUT2D eigenvalue weighted by molar-refractivity contribution is 6.36. The number of hydrogen-bond donors (Lipinski definition) is 1. The van der Waals surface area contributed by atoms with Crippen LogP contribution in [-0.4, -0.2) is 53.8 Å². The molecule has 2 fully saturated rings. The summed E-state index contributed by atoms with van der Waals surface area (Å²) >= 11 is 12.0. The minimum atomic E-state index is -0.119. The van der Waals surface area contributed by atoms with Crippen molar-refractivity contribution in [2.75, 3.05) is 26.2 Å². The number of benzene rings is 1. The number of rotatable bonds is 2. The Balaban J connectivity index is 1.58. The van der Waals surface area contributed by atoms with E-state index >= 15 is 0 Å². The third-order valence-corrected chi connectivity index (χ3v) is 5.41. The van der Waals surface area contributed by atoms with Crippen LogP contribution in [0.15, 0.2) is 18.2 Å². The van der Waals surface area contributed by atoms with E-state index in [2.05, 4.69) is 0 Å². The van der Waals surface area contributed by atoms with E-state index in [1.165, 1.54) is 0 Å².